The molecule has 0 atom stereocenters. The van der Waals surface area contributed by atoms with E-state index >= 15 is 0 Å². The molecule has 0 fully saturated rings. The fraction of sp³-hybridized carbons (Fsp3) is 0.222. The molecular weight excluding hydrogens is 196 g/mol. The number of nitrogens with one attached hydrogen (secondary N) is 1. The van der Waals surface area contributed by atoms with Gasteiger partial charge in [0, 0.05) is 6.92 Å². The zero-order chi connectivity index (χ0) is 9.71. The predicted octanol–water partition coefficient (Wildman–Crippen LogP) is 1.31. The van der Waals surface area contributed by atoms with Crippen molar-refractivity contribution in [3.8, 4) is 0 Å². The van der Waals surface area contributed by atoms with Gasteiger partial charge in [-0.25, -0.2) is 0 Å². The van der Waals surface area contributed by atoms with Crippen molar-refractivity contribution in [2.24, 2.45) is 7.05 Å². The first-order valence-corrected chi connectivity index (χ1v) is 5.17. The third kappa shape index (κ3) is 0.846. The van der Waals surface area contributed by atoms with Crippen LogP contribution in [0.1, 0.15) is 5.01 Å². The van der Waals surface area contributed by atoms with E-state index in [-0.39, 0.29) is 0 Å². The van der Waals surface area contributed by atoms with E-state index in [1.165, 1.54) is 15.2 Å². The van der Waals surface area contributed by atoms with Gasteiger partial charge in [-0.15, -0.1) is 5.10 Å². The third-order valence-corrected chi connectivity index (χ3v) is 3.61. The van der Waals surface area contributed by atoms with Gasteiger partial charge in [0.15, 0.2) is 5.52 Å². The molecule has 5 heteroatoms. The molecule has 1 aromatic carbocycles. The van der Waals surface area contributed by atoms with Gasteiger partial charge in [-0.05, 0) is 12.1 Å². The number of benzene rings is 1. The van der Waals surface area contributed by atoms with Crippen molar-refractivity contribution in [3.05, 3.63) is 17.1 Å². The fourth-order valence-corrected chi connectivity index (χ4v) is 2.68. The Labute approximate surface area is 84.2 Å². The summed E-state index contributed by atoms with van der Waals surface area (Å²) in [7, 11) is 2.06. The normalized spacial score (nSPS) is 11.6. The molecule has 14 heavy (non-hydrogen) atoms. The maximum atomic E-state index is 4.17. The number of rotatable bonds is 0. The number of hydrogen-bond acceptors (Lipinski definition) is 3. The SMILES string of the molecule is Cc1sc2ccc3n[nH]nc3c2[n+]1C. The molecule has 2 aromatic heterocycles. The largest absolute Gasteiger partial charge is 0.253 e. The summed E-state index contributed by atoms with van der Waals surface area (Å²) in [6, 6.07) is 4.09. The van der Waals surface area contributed by atoms with Crippen LogP contribution >= 0.6 is 11.3 Å². The molecule has 0 amide bonds. The molecule has 3 aromatic rings. The zero-order valence-electron chi connectivity index (χ0n) is 7.90. The molecule has 1 N–H and O–H groups in total. The summed E-state index contributed by atoms with van der Waals surface area (Å²) in [6.45, 7) is 2.11. The van der Waals surface area contributed by atoms with Crippen molar-refractivity contribution < 1.29 is 4.57 Å². The van der Waals surface area contributed by atoms with E-state index in [0.29, 0.717) is 0 Å². The summed E-state index contributed by atoms with van der Waals surface area (Å²) in [5.41, 5.74) is 3.04. The van der Waals surface area contributed by atoms with Crippen molar-refractivity contribution in [1.29, 1.82) is 0 Å². The predicted molar refractivity (Wildman–Crippen MR) is 55.2 cm³/mol. The van der Waals surface area contributed by atoms with Gasteiger partial charge < -0.3 is 0 Å². The van der Waals surface area contributed by atoms with Gasteiger partial charge in [-0.1, -0.05) is 11.3 Å². The highest BCUT2D eigenvalue weighted by Crippen LogP contribution is 2.24. The highest BCUT2D eigenvalue weighted by atomic mass is 32.1. The minimum atomic E-state index is 0.922. The molecule has 0 aliphatic carbocycles. The van der Waals surface area contributed by atoms with Crippen LogP contribution in [0.2, 0.25) is 0 Å². The van der Waals surface area contributed by atoms with Crippen molar-refractivity contribution >= 4 is 32.6 Å². The molecule has 0 spiro atoms. The van der Waals surface area contributed by atoms with Crippen LogP contribution in [0.4, 0.5) is 0 Å². The molecule has 0 aliphatic heterocycles. The molecule has 2 heterocycles. The number of nitrogens with zero attached hydrogens (tertiary/aromatic N) is 3. The standard InChI is InChI=1S/C9H9N4S/c1-5-13(2)9-7(14-5)4-3-6-8(9)11-12-10-6/h3-4H,1-2H3,(H,10,11,12)/q+1. The van der Waals surface area contributed by atoms with E-state index in [9.17, 15) is 0 Å². The molecule has 4 nitrogen and oxygen atoms in total. The first-order chi connectivity index (χ1) is 6.77. The van der Waals surface area contributed by atoms with Crippen LogP contribution < -0.4 is 4.57 Å². The smallest absolute Gasteiger partial charge is 0.197 e. The summed E-state index contributed by atoms with van der Waals surface area (Å²) in [5.74, 6) is 0. The lowest BCUT2D eigenvalue weighted by molar-refractivity contribution is -0.645. The lowest BCUT2D eigenvalue weighted by atomic mass is 10.3. The second kappa shape index (κ2) is 2.51. The Bertz CT molecular complexity index is 622. The summed E-state index contributed by atoms with van der Waals surface area (Å²) >= 11 is 1.78. The quantitative estimate of drug-likeness (QED) is 0.562. The number of aromatic amines is 1. The van der Waals surface area contributed by atoms with Crippen LogP contribution in [0.3, 0.4) is 0 Å². The number of fused-ring (bicyclic) bond motifs is 3. The summed E-state index contributed by atoms with van der Waals surface area (Å²) < 4.78 is 3.41. The van der Waals surface area contributed by atoms with Crippen LogP contribution in [0.25, 0.3) is 21.3 Å². The molecule has 70 valence electrons. The molecule has 0 radical (unpaired) electrons. The molecule has 0 bridgehead atoms. The minimum Gasteiger partial charge on any atom is -0.197 e. The van der Waals surface area contributed by atoms with Gasteiger partial charge in [0.25, 0.3) is 5.52 Å². The Kier molecular flexibility index (Phi) is 1.41. The van der Waals surface area contributed by atoms with Gasteiger partial charge in [-0.3, -0.25) is 0 Å². The third-order valence-electron chi connectivity index (χ3n) is 2.49. The van der Waals surface area contributed by atoms with Crippen molar-refractivity contribution in [2.75, 3.05) is 0 Å². The molecule has 0 saturated carbocycles. The fourth-order valence-electron chi connectivity index (χ4n) is 1.67. The number of hydrogen-bond donors (Lipinski definition) is 1. The lowest BCUT2D eigenvalue weighted by Crippen LogP contribution is -2.28. The van der Waals surface area contributed by atoms with E-state index < -0.39 is 0 Å². The van der Waals surface area contributed by atoms with Crippen molar-refractivity contribution in [1.82, 2.24) is 15.4 Å². The van der Waals surface area contributed by atoms with E-state index in [4.69, 9.17) is 0 Å². The second-order valence-corrected chi connectivity index (χ2v) is 4.52. The van der Waals surface area contributed by atoms with Crippen LogP contribution in [0.15, 0.2) is 12.1 Å². The Morgan fingerprint density at radius 3 is 3.07 bits per heavy atom. The Morgan fingerprint density at radius 2 is 2.21 bits per heavy atom. The maximum Gasteiger partial charge on any atom is 0.253 e. The second-order valence-electron chi connectivity index (χ2n) is 3.28. The zero-order valence-corrected chi connectivity index (χ0v) is 8.72. The topological polar surface area (TPSA) is 45.5 Å². The van der Waals surface area contributed by atoms with Crippen molar-refractivity contribution in [3.63, 3.8) is 0 Å². The number of aromatic nitrogens is 4. The summed E-state index contributed by atoms with van der Waals surface area (Å²) in [6.07, 6.45) is 0. The number of H-pyrrole nitrogens is 1. The maximum absolute atomic E-state index is 4.17. The van der Waals surface area contributed by atoms with E-state index in [0.717, 1.165) is 11.0 Å². The lowest BCUT2D eigenvalue weighted by Gasteiger charge is -1.86. The Morgan fingerprint density at radius 1 is 1.36 bits per heavy atom. The van der Waals surface area contributed by atoms with E-state index in [1.807, 2.05) is 6.07 Å². The van der Waals surface area contributed by atoms with Crippen LogP contribution in [0, 0.1) is 6.92 Å². The van der Waals surface area contributed by atoms with Crippen LogP contribution in [0.5, 0.6) is 0 Å². The van der Waals surface area contributed by atoms with E-state index in [2.05, 4.69) is 40.0 Å². The first kappa shape index (κ1) is 7.87. The Hall–Kier alpha value is -1.49. The average Bonchev–Trinajstić information content (AvgIpc) is 2.72. The van der Waals surface area contributed by atoms with Crippen LogP contribution in [-0.4, -0.2) is 15.4 Å². The van der Waals surface area contributed by atoms with Gasteiger partial charge in [0.2, 0.25) is 5.01 Å². The van der Waals surface area contributed by atoms with Gasteiger partial charge in [0.05, 0.1) is 0 Å². The molecular formula is C9H9N4S+. The molecule has 0 saturated heterocycles. The number of aryl methyl sites for hydroxylation is 2. The monoisotopic (exact) mass is 205 g/mol. The minimum absolute atomic E-state index is 0.922. The van der Waals surface area contributed by atoms with Gasteiger partial charge in [0.1, 0.15) is 17.3 Å². The van der Waals surface area contributed by atoms with Gasteiger partial charge >= 0.3 is 0 Å². The van der Waals surface area contributed by atoms with Crippen LogP contribution in [-0.2, 0) is 7.05 Å². The van der Waals surface area contributed by atoms with Gasteiger partial charge in [-0.2, -0.15) is 14.9 Å². The van der Waals surface area contributed by atoms with Crippen molar-refractivity contribution in [2.45, 2.75) is 6.92 Å². The average molecular weight is 205 g/mol. The number of thiazole rings is 1. The summed E-state index contributed by atoms with van der Waals surface area (Å²) in [5, 5.41) is 12.2. The highest BCUT2D eigenvalue weighted by Gasteiger charge is 2.18. The molecule has 0 aliphatic rings. The van der Waals surface area contributed by atoms with E-state index in [1.54, 1.807) is 11.3 Å². The molecule has 0 unspecified atom stereocenters. The highest BCUT2D eigenvalue weighted by molar-refractivity contribution is 7.18. The summed E-state index contributed by atoms with van der Waals surface area (Å²) in [4.78, 5) is 0. The first-order valence-electron chi connectivity index (χ1n) is 4.36. The molecule has 3 rings (SSSR count). The Balaban J connectivity index is 2.66.